The molecule has 0 fully saturated rings. The second kappa shape index (κ2) is 4.21. The van der Waals surface area contributed by atoms with E-state index in [0.717, 1.165) is 9.24 Å². The van der Waals surface area contributed by atoms with Crippen LogP contribution in [-0.2, 0) is 0 Å². The smallest absolute Gasteiger partial charge is 0.156 e. The van der Waals surface area contributed by atoms with Crippen LogP contribution in [-0.4, -0.2) is 10.1 Å². The van der Waals surface area contributed by atoms with E-state index in [1.807, 2.05) is 12.1 Å². The maximum Gasteiger partial charge on any atom is 0.156 e. The highest BCUT2D eigenvalue weighted by molar-refractivity contribution is 8.01. The van der Waals surface area contributed by atoms with Gasteiger partial charge >= 0.3 is 0 Å². The molecule has 0 unspecified atom stereocenters. The van der Waals surface area contributed by atoms with Gasteiger partial charge in [-0.15, -0.1) is 11.3 Å². The molecular formula is C9H6ClNOS2. The summed E-state index contributed by atoms with van der Waals surface area (Å²) in [6.07, 6.45) is 0. The molecule has 2 rings (SSSR count). The lowest BCUT2D eigenvalue weighted by molar-refractivity contribution is 0.475. The summed E-state index contributed by atoms with van der Waals surface area (Å²) in [6, 6.07) is 6.99. The van der Waals surface area contributed by atoms with Gasteiger partial charge in [-0.2, -0.15) is 0 Å². The fourth-order valence-electron chi connectivity index (χ4n) is 0.901. The zero-order valence-electron chi connectivity index (χ0n) is 6.98. The molecule has 0 aliphatic rings. The second-order valence-corrected chi connectivity index (χ2v) is 5.10. The van der Waals surface area contributed by atoms with Crippen molar-refractivity contribution in [1.29, 1.82) is 0 Å². The molecule has 0 atom stereocenters. The number of hydrogen-bond acceptors (Lipinski definition) is 4. The van der Waals surface area contributed by atoms with Crippen molar-refractivity contribution in [3.05, 3.63) is 34.8 Å². The Balaban J connectivity index is 2.15. The van der Waals surface area contributed by atoms with Crippen LogP contribution in [0.25, 0.3) is 0 Å². The van der Waals surface area contributed by atoms with Gasteiger partial charge in [0.15, 0.2) is 4.34 Å². The number of aromatic nitrogens is 1. The first-order chi connectivity index (χ1) is 6.74. The number of aromatic hydroxyl groups is 1. The number of benzene rings is 1. The fraction of sp³-hybridized carbons (Fsp3) is 0. The molecule has 72 valence electrons. The number of thiazole rings is 1. The maximum absolute atomic E-state index is 9.08. The number of rotatable bonds is 2. The monoisotopic (exact) mass is 243 g/mol. The number of hydrogen-bond donors (Lipinski definition) is 1. The normalized spacial score (nSPS) is 10.4. The SMILES string of the molecule is Oc1ccc(Sc2nc(Cl)cs2)cc1. The van der Waals surface area contributed by atoms with Gasteiger partial charge in [-0.25, -0.2) is 4.98 Å². The highest BCUT2D eigenvalue weighted by atomic mass is 35.5. The Morgan fingerprint density at radius 1 is 1.29 bits per heavy atom. The van der Waals surface area contributed by atoms with Crippen LogP contribution in [0.2, 0.25) is 5.15 Å². The van der Waals surface area contributed by atoms with Gasteiger partial charge in [-0.05, 0) is 24.3 Å². The minimum absolute atomic E-state index is 0.270. The molecule has 0 spiro atoms. The first-order valence-electron chi connectivity index (χ1n) is 3.82. The second-order valence-electron chi connectivity index (χ2n) is 2.53. The van der Waals surface area contributed by atoms with E-state index in [9.17, 15) is 0 Å². The summed E-state index contributed by atoms with van der Waals surface area (Å²) >= 11 is 8.73. The van der Waals surface area contributed by atoms with Gasteiger partial charge in [0.05, 0.1) is 0 Å². The molecule has 1 aromatic carbocycles. The first-order valence-corrected chi connectivity index (χ1v) is 5.89. The van der Waals surface area contributed by atoms with Gasteiger partial charge < -0.3 is 5.11 Å². The van der Waals surface area contributed by atoms with Gasteiger partial charge in [-0.1, -0.05) is 23.4 Å². The average molecular weight is 244 g/mol. The quantitative estimate of drug-likeness (QED) is 0.874. The summed E-state index contributed by atoms with van der Waals surface area (Å²) in [7, 11) is 0. The lowest BCUT2D eigenvalue weighted by Gasteiger charge is -1.96. The molecule has 5 heteroatoms. The van der Waals surface area contributed by atoms with Crippen molar-refractivity contribution in [3.63, 3.8) is 0 Å². The van der Waals surface area contributed by atoms with E-state index >= 15 is 0 Å². The van der Waals surface area contributed by atoms with Crippen LogP contribution in [0.1, 0.15) is 0 Å². The third-order valence-corrected chi connectivity index (χ3v) is 3.77. The standard InChI is InChI=1S/C9H6ClNOS2/c10-8-5-13-9(11-8)14-7-3-1-6(12)2-4-7/h1-5,12H. The van der Waals surface area contributed by atoms with E-state index in [0.29, 0.717) is 5.15 Å². The van der Waals surface area contributed by atoms with Crippen molar-refractivity contribution in [1.82, 2.24) is 4.98 Å². The zero-order chi connectivity index (χ0) is 9.97. The predicted octanol–water partition coefficient (Wildman–Crippen LogP) is 3.65. The predicted molar refractivity (Wildman–Crippen MR) is 59.4 cm³/mol. The topological polar surface area (TPSA) is 33.1 Å². The molecule has 1 N–H and O–H groups in total. The fourth-order valence-corrected chi connectivity index (χ4v) is 2.86. The van der Waals surface area contributed by atoms with Crippen molar-refractivity contribution < 1.29 is 5.11 Å². The summed E-state index contributed by atoms with van der Waals surface area (Å²) in [4.78, 5) is 5.15. The Kier molecular flexibility index (Phi) is 2.96. The molecular weight excluding hydrogens is 238 g/mol. The number of phenols is 1. The van der Waals surface area contributed by atoms with Gasteiger partial charge in [0.25, 0.3) is 0 Å². The summed E-state index contributed by atoms with van der Waals surface area (Å²) in [5.41, 5.74) is 0. The largest absolute Gasteiger partial charge is 0.508 e. The van der Waals surface area contributed by atoms with Crippen molar-refractivity contribution in [2.75, 3.05) is 0 Å². The van der Waals surface area contributed by atoms with E-state index < -0.39 is 0 Å². The highest BCUT2D eigenvalue weighted by Crippen LogP contribution is 2.32. The van der Waals surface area contributed by atoms with Crippen molar-refractivity contribution in [2.45, 2.75) is 9.24 Å². The van der Waals surface area contributed by atoms with Crippen molar-refractivity contribution in [2.24, 2.45) is 0 Å². The van der Waals surface area contributed by atoms with Crippen LogP contribution >= 0.6 is 34.7 Å². The lowest BCUT2D eigenvalue weighted by Crippen LogP contribution is -1.71. The molecule has 0 amide bonds. The van der Waals surface area contributed by atoms with E-state index in [1.165, 1.54) is 23.1 Å². The van der Waals surface area contributed by atoms with Gasteiger partial charge in [0.1, 0.15) is 10.9 Å². The van der Waals surface area contributed by atoms with E-state index in [1.54, 1.807) is 17.5 Å². The molecule has 0 aliphatic heterocycles. The molecule has 0 aliphatic carbocycles. The Morgan fingerprint density at radius 3 is 2.57 bits per heavy atom. The Bertz CT molecular complexity index is 427. The molecule has 2 aromatic rings. The molecule has 2 nitrogen and oxygen atoms in total. The Labute approximate surface area is 94.6 Å². The van der Waals surface area contributed by atoms with Crippen molar-refractivity contribution in [3.8, 4) is 5.75 Å². The van der Waals surface area contributed by atoms with Crippen LogP contribution < -0.4 is 0 Å². The van der Waals surface area contributed by atoms with Crippen LogP contribution in [0.4, 0.5) is 0 Å². The summed E-state index contributed by atoms with van der Waals surface area (Å²) in [5, 5.41) is 11.4. The lowest BCUT2D eigenvalue weighted by atomic mass is 10.3. The molecule has 1 aromatic heterocycles. The van der Waals surface area contributed by atoms with E-state index in [-0.39, 0.29) is 5.75 Å². The molecule has 1 heterocycles. The van der Waals surface area contributed by atoms with Crippen LogP contribution in [0, 0.1) is 0 Å². The Hall–Kier alpha value is -0.710. The summed E-state index contributed by atoms with van der Waals surface area (Å²) < 4.78 is 0.903. The van der Waals surface area contributed by atoms with Crippen LogP contribution in [0.3, 0.4) is 0 Å². The average Bonchev–Trinajstić information content (AvgIpc) is 2.56. The summed E-state index contributed by atoms with van der Waals surface area (Å²) in [5.74, 6) is 0.270. The molecule has 0 bridgehead atoms. The first kappa shape index (κ1) is 9.83. The Morgan fingerprint density at radius 2 is 2.00 bits per heavy atom. The third kappa shape index (κ3) is 2.41. The number of phenolic OH excluding ortho intramolecular Hbond substituents is 1. The third-order valence-electron chi connectivity index (χ3n) is 1.50. The number of halogens is 1. The number of nitrogens with zero attached hydrogens (tertiary/aromatic N) is 1. The highest BCUT2D eigenvalue weighted by Gasteiger charge is 2.02. The molecule has 0 radical (unpaired) electrons. The minimum atomic E-state index is 0.270. The van der Waals surface area contributed by atoms with Gasteiger partial charge in [0.2, 0.25) is 0 Å². The molecule has 14 heavy (non-hydrogen) atoms. The van der Waals surface area contributed by atoms with E-state index in [4.69, 9.17) is 16.7 Å². The van der Waals surface area contributed by atoms with Crippen LogP contribution in [0.5, 0.6) is 5.75 Å². The molecule has 0 saturated heterocycles. The minimum Gasteiger partial charge on any atom is -0.508 e. The zero-order valence-corrected chi connectivity index (χ0v) is 9.36. The summed E-state index contributed by atoms with van der Waals surface area (Å²) in [6.45, 7) is 0. The van der Waals surface area contributed by atoms with E-state index in [2.05, 4.69) is 4.98 Å². The van der Waals surface area contributed by atoms with Gasteiger partial charge in [0, 0.05) is 10.3 Å². The van der Waals surface area contributed by atoms with Crippen molar-refractivity contribution >= 4 is 34.7 Å². The van der Waals surface area contributed by atoms with Crippen LogP contribution in [0.15, 0.2) is 38.9 Å². The van der Waals surface area contributed by atoms with Gasteiger partial charge in [-0.3, -0.25) is 0 Å². The molecule has 0 saturated carbocycles. The maximum atomic E-state index is 9.08.